The predicted molar refractivity (Wildman–Crippen MR) is 73.6 cm³/mol. The molecule has 2 N–H and O–H groups in total. The summed E-state index contributed by atoms with van der Waals surface area (Å²) in [4.78, 5) is 12.0. The molecule has 1 amide bonds. The van der Waals surface area contributed by atoms with Gasteiger partial charge in [-0.2, -0.15) is 0 Å². The summed E-state index contributed by atoms with van der Waals surface area (Å²) >= 11 is 0. The average Bonchev–Trinajstić information content (AvgIpc) is 2.89. The molecule has 1 aliphatic heterocycles. The molecule has 0 aliphatic carbocycles. The van der Waals surface area contributed by atoms with E-state index in [9.17, 15) is 4.79 Å². The van der Waals surface area contributed by atoms with Crippen LogP contribution >= 0.6 is 12.4 Å². The highest BCUT2D eigenvalue weighted by atomic mass is 35.5. The molecule has 0 saturated carbocycles. The molecule has 0 bridgehead atoms. The maximum absolute atomic E-state index is 12.0. The van der Waals surface area contributed by atoms with E-state index in [4.69, 9.17) is 4.74 Å². The summed E-state index contributed by atoms with van der Waals surface area (Å²) in [6, 6.07) is 7.67. The fourth-order valence-corrected chi connectivity index (χ4v) is 2.07. The van der Waals surface area contributed by atoms with Crippen molar-refractivity contribution in [3.63, 3.8) is 0 Å². The van der Waals surface area contributed by atoms with Gasteiger partial charge >= 0.3 is 0 Å². The van der Waals surface area contributed by atoms with Gasteiger partial charge in [0.05, 0.1) is 12.7 Å². The molecule has 1 heterocycles. The van der Waals surface area contributed by atoms with Crippen molar-refractivity contribution in [2.24, 2.45) is 0 Å². The SMILES string of the molecule is COc1ccccc1C(=O)NCC1CCCN1.Cl. The van der Waals surface area contributed by atoms with E-state index in [-0.39, 0.29) is 18.3 Å². The summed E-state index contributed by atoms with van der Waals surface area (Å²) in [7, 11) is 1.57. The van der Waals surface area contributed by atoms with Crippen LogP contribution in [0.2, 0.25) is 0 Å². The molecule has 0 aromatic heterocycles. The Labute approximate surface area is 114 Å². The fraction of sp³-hybridized carbons (Fsp3) is 0.462. The first-order valence-corrected chi connectivity index (χ1v) is 5.96. The second-order valence-electron chi connectivity index (χ2n) is 4.20. The van der Waals surface area contributed by atoms with Crippen LogP contribution in [0.3, 0.4) is 0 Å². The van der Waals surface area contributed by atoms with E-state index >= 15 is 0 Å². The molecule has 18 heavy (non-hydrogen) atoms. The maximum Gasteiger partial charge on any atom is 0.255 e. The molecule has 2 rings (SSSR count). The Kier molecular flexibility index (Phi) is 5.95. The van der Waals surface area contributed by atoms with Crippen LogP contribution in [0.1, 0.15) is 23.2 Å². The lowest BCUT2D eigenvalue weighted by Crippen LogP contribution is -2.37. The first kappa shape index (κ1) is 14.8. The number of rotatable bonds is 4. The van der Waals surface area contributed by atoms with Crippen molar-refractivity contribution >= 4 is 18.3 Å². The molecular formula is C13H19ClN2O2. The number of nitrogens with one attached hydrogen (secondary N) is 2. The zero-order valence-electron chi connectivity index (χ0n) is 10.4. The summed E-state index contributed by atoms with van der Waals surface area (Å²) in [6.07, 6.45) is 2.32. The average molecular weight is 271 g/mol. The van der Waals surface area contributed by atoms with E-state index in [1.165, 1.54) is 6.42 Å². The molecule has 1 unspecified atom stereocenters. The van der Waals surface area contributed by atoms with Gasteiger partial charge in [0.2, 0.25) is 0 Å². The molecule has 1 aliphatic rings. The number of carbonyl (C=O) groups excluding carboxylic acids is 1. The van der Waals surface area contributed by atoms with Gasteiger partial charge in [0.15, 0.2) is 0 Å². The number of ether oxygens (including phenoxy) is 1. The molecule has 5 heteroatoms. The van der Waals surface area contributed by atoms with Gasteiger partial charge in [-0.25, -0.2) is 0 Å². The zero-order chi connectivity index (χ0) is 12.1. The predicted octanol–water partition coefficient (Wildman–Crippen LogP) is 1.60. The molecule has 4 nitrogen and oxygen atoms in total. The number of para-hydroxylation sites is 1. The van der Waals surface area contributed by atoms with E-state index < -0.39 is 0 Å². The monoisotopic (exact) mass is 270 g/mol. The van der Waals surface area contributed by atoms with Gasteiger partial charge in [0, 0.05) is 12.6 Å². The van der Waals surface area contributed by atoms with Gasteiger partial charge in [-0.3, -0.25) is 4.79 Å². The van der Waals surface area contributed by atoms with Crippen molar-refractivity contribution in [2.45, 2.75) is 18.9 Å². The highest BCUT2D eigenvalue weighted by Gasteiger charge is 2.16. The summed E-state index contributed by atoms with van der Waals surface area (Å²) in [5.41, 5.74) is 0.591. The molecule has 100 valence electrons. The second kappa shape index (κ2) is 7.24. The molecule has 1 aromatic rings. The third kappa shape index (κ3) is 3.62. The van der Waals surface area contributed by atoms with Crippen LogP contribution in [-0.4, -0.2) is 32.1 Å². The molecule has 0 radical (unpaired) electrons. The minimum Gasteiger partial charge on any atom is -0.496 e. The van der Waals surface area contributed by atoms with Crippen LogP contribution in [0, 0.1) is 0 Å². The minimum absolute atomic E-state index is 0. The van der Waals surface area contributed by atoms with Crippen molar-refractivity contribution in [1.29, 1.82) is 0 Å². The van der Waals surface area contributed by atoms with Crippen LogP contribution < -0.4 is 15.4 Å². The third-order valence-electron chi connectivity index (χ3n) is 3.02. The van der Waals surface area contributed by atoms with Crippen molar-refractivity contribution in [3.05, 3.63) is 29.8 Å². The van der Waals surface area contributed by atoms with Gasteiger partial charge in [0.25, 0.3) is 5.91 Å². The van der Waals surface area contributed by atoms with Crippen molar-refractivity contribution in [1.82, 2.24) is 10.6 Å². The first-order valence-electron chi connectivity index (χ1n) is 5.96. The first-order chi connectivity index (χ1) is 8.31. The molecule has 1 fully saturated rings. The second-order valence-corrected chi connectivity index (χ2v) is 4.20. The molecule has 1 atom stereocenters. The number of methoxy groups -OCH3 is 1. The number of hydrogen-bond donors (Lipinski definition) is 2. The van der Waals surface area contributed by atoms with Crippen LogP contribution in [0.5, 0.6) is 5.75 Å². The van der Waals surface area contributed by atoms with Crippen molar-refractivity contribution in [3.8, 4) is 5.75 Å². The summed E-state index contributed by atoms with van der Waals surface area (Å²) < 4.78 is 5.16. The van der Waals surface area contributed by atoms with Gasteiger partial charge in [-0.15, -0.1) is 12.4 Å². The lowest BCUT2D eigenvalue weighted by atomic mass is 10.1. The number of amides is 1. The normalized spacial score (nSPS) is 17.9. The lowest BCUT2D eigenvalue weighted by Gasteiger charge is -2.12. The molecule has 1 aromatic carbocycles. The van der Waals surface area contributed by atoms with Crippen LogP contribution in [0.15, 0.2) is 24.3 Å². The molecule has 1 saturated heterocycles. The quantitative estimate of drug-likeness (QED) is 0.874. The Morgan fingerprint density at radius 2 is 2.28 bits per heavy atom. The van der Waals surface area contributed by atoms with Crippen LogP contribution in [0.4, 0.5) is 0 Å². The van der Waals surface area contributed by atoms with Crippen molar-refractivity contribution < 1.29 is 9.53 Å². The minimum atomic E-state index is -0.0730. The number of hydrogen-bond acceptors (Lipinski definition) is 3. The zero-order valence-corrected chi connectivity index (χ0v) is 11.3. The van der Waals surface area contributed by atoms with E-state index in [0.29, 0.717) is 23.9 Å². The fourth-order valence-electron chi connectivity index (χ4n) is 2.07. The molecule has 0 spiro atoms. The van der Waals surface area contributed by atoms with Gasteiger partial charge in [0.1, 0.15) is 5.75 Å². The number of carbonyl (C=O) groups is 1. The Bertz CT molecular complexity index is 392. The summed E-state index contributed by atoms with van der Waals surface area (Å²) in [5.74, 6) is 0.542. The third-order valence-corrected chi connectivity index (χ3v) is 3.02. The lowest BCUT2D eigenvalue weighted by molar-refractivity contribution is 0.0947. The maximum atomic E-state index is 12.0. The largest absolute Gasteiger partial charge is 0.496 e. The Morgan fingerprint density at radius 3 is 2.94 bits per heavy atom. The van der Waals surface area contributed by atoms with E-state index in [0.717, 1.165) is 13.0 Å². The van der Waals surface area contributed by atoms with E-state index in [1.807, 2.05) is 12.1 Å². The van der Waals surface area contributed by atoms with E-state index in [1.54, 1.807) is 19.2 Å². The Morgan fingerprint density at radius 1 is 1.50 bits per heavy atom. The molecular weight excluding hydrogens is 252 g/mol. The van der Waals surface area contributed by atoms with Crippen LogP contribution in [-0.2, 0) is 0 Å². The van der Waals surface area contributed by atoms with Crippen molar-refractivity contribution in [2.75, 3.05) is 20.2 Å². The highest BCUT2D eigenvalue weighted by Crippen LogP contribution is 2.16. The van der Waals surface area contributed by atoms with Gasteiger partial charge < -0.3 is 15.4 Å². The Hall–Kier alpha value is -1.26. The number of halogens is 1. The smallest absolute Gasteiger partial charge is 0.255 e. The van der Waals surface area contributed by atoms with Gasteiger partial charge in [-0.1, -0.05) is 12.1 Å². The highest BCUT2D eigenvalue weighted by molar-refractivity contribution is 5.96. The summed E-state index contributed by atoms with van der Waals surface area (Å²) in [5, 5.41) is 6.28. The topological polar surface area (TPSA) is 50.4 Å². The standard InChI is InChI=1S/C13H18N2O2.ClH/c1-17-12-7-3-2-6-11(12)13(16)15-9-10-5-4-8-14-10;/h2-3,6-7,10,14H,4-5,8-9H2,1H3,(H,15,16);1H. The number of benzene rings is 1. The van der Waals surface area contributed by atoms with Gasteiger partial charge in [-0.05, 0) is 31.5 Å². The Balaban J connectivity index is 0.00000162. The van der Waals surface area contributed by atoms with E-state index in [2.05, 4.69) is 10.6 Å². The van der Waals surface area contributed by atoms with Crippen LogP contribution in [0.25, 0.3) is 0 Å². The summed E-state index contributed by atoms with van der Waals surface area (Å²) in [6.45, 7) is 1.73.